The summed E-state index contributed by atoms with van der Waals surface area (Å²) in [6.07, 6.45) is 0.0660. The van der Waals surface area contributed by atoms with Crippen LogP contribution in [0.3, 0.4) is 0 Å². The van der Waals surface area contributed by atoms with Crippen molar-refractivity contribution in [2.75, 3.05) is 5.32 Å². The van der Waals surface area contributed by atoms with Crippen molar-refractivity contribution in [2.45, 2.75) is 13.3 Å². The van der Waals surface area contributed by atoms with Gasteiger partial charge in [-0.25, -0.2) is 5.43 Å². The third-order valence-electron chi connectivity index (χ3n) is 3.00. The third kappa shape index (κ3) is 5.37. The SMILES string of the molecule is CC(CC(=O)Nc1ccccc1)=NNC(=O)c1ccc(Cl)c(Cl)c1. The highest BCUT2D eigenvalue weighted by atomic mass is 35.5. The number of para-hydroxylation sites is 1. The van der Waals surface area contributed by atoms with E-state index in [0.29, 0.717) is 22.0 Å². The second-order valence-electron chi connectivity index (χ2n) is 5.01. The molecule has 0 bridgehead atoms. The second kappa shape index (κ2) is 8.47. The van der Waals surface area contributed by atoms with Gasteiger partial charge in [0.05, 0.1) is 16.5 Å². The Kier molecular flexibility index (Phi) is 6.35. The number of carbonyl (C=O) groups is 2. The summed E-state index contributed by atoms with van der Waals surface area (Å²) >= 11 is 11.7. The van der Waals surface area contributed by atoms with Gasteiger partial charge in [0.2, 0.25) is 5.91 Å². The first-order valence-corrected chi connectivity index (χ1v) is 7.85. The monoisotopic (exact) mass is 363 g/mol. The topological polar surface area (TPSA) is 70.6 Å². The second-order valence-corrected chi connectivity index (χ2v) is 5.82. The quantitative estimate of drug-likeness (QED) is 0.619. The van der Waals surface area contributed by atoms with E-state index < -0.39 is 5.91 Å². The summed E-state index contributed by atoms with van der Waals surface area (Å²) in [6, 6.07) is 13.6. The number of nitrogens with one attached hydrogen (secondary N) is 2. The van der Waals surface area contributed by atoms with Gasteiger partial charge in [-0.3, -0.25) is 9.59 Å². The molecule has 0 spiro atoms. The van der Waals surface area contributed by atoms with Crippen LogP contribution in [-0.4, -0.2) is 17.5 Å². The van der Waals surface area contributed by atoms with Gasteiger partial charge in [-0.1, -0.05) is 41.4 Å². The van der Waals surface area contributed by atoms with Gasteiger partial charge in [0, 0.05) is 17.0 Å². The van der Waals surface area contributed by atoms with Crippen LogP contribution in [0.1, 0.15) is 23.7 Å². The average molecular weight is 364 g/mol. The van der Waals surface area contributed by atoms with Crippen molar-refractivity contribution in [1.29, 1.82) is 0 Å². The van der Waals surface area contributed by atoms with Crippen molar-refractivity contribution < 1.29 is 9.59 Å². The number of anilines is 1. The van der Waals surface area contributed by atoms with Gasteiger partial charge in [-0.2, -0.15) is 5.10 Å². The van der Waals surface area contributed by atoms with Crippen LogP contribution in [-0.2, 0) is 4.79 Å². The van der Waals surface area contributed by atoms with Crippen molar-refractivity contribution in [3.63, 3.8) is 0 Å². The van der Waals surface area contributed by atoms with Crippen LogP contribution < -0.4 is 10.7 Å². The van der Waals surface area contributed by atoms with Gasteiger partial charge in [-0.05, 0) is 37.3 Å². The highest BCUT2D eigenvalue weighted by molar-refractivity contribution is 6.42. The lowest BCUT2D eigenvalue weighted by atomic mass is 10.2. The summed E-state index contributed by atoms with van der Waals surface area (Å²) in [5, 5.41) is 7.31. The van der Waals surface area contributed by atoms with Crippen LogP contribution in [0.25, 0.3) is 0 Å². The predicted molar refractivity (Wildman–Crippen MR) is 96.7 cm³/mol. The van der Waals surface area contributed by atoms with Crippen molar-refractivity contribution in [3.8, 4) is 0 Å². The zero-order chi connectivity index (χ0) is 17.5. The molecule has 0 aromatic heterocycles. The summed E-state index contributed by atoms with van der Waals surface area (Å²) < 4.78 is 0. The van der Waals surface area contributed by atoms with Crippen LogP contribution in [0.4, 0.5) is 5.69 Å². The Bertz CT molecular complexity index is 777. The smallest absolute Gasteiger partial charge is 0.271 e. The first-order valence-electron chi connectivity index (χ1n) is 7.09. The van der Waals surface area contributed by atoms with Gasteiger partial charge < -0.3 is 5.32 Å². The number of carbonyl (C=O) groups excluding carboxylic acids is 2. The number of hydrogen-bond donors (Lipinski definition) is 2. The molecule has 0 heterocycles. The summed E-state index contributed by atoms with van der Waals surface area (Å²) in [6.45, 7) is 1.65. The van der Waals surface area contributed by atoms with Crippen LogP contribution >= 0.6 is 23.2 Å². The van der Waals surface area contributed by atoms with E-state index in [1.54, 1.807) is 19.1 Å². The molecular weight excluding hydrogens is 349 g/mol. The molecule has 0 saturated carbocycles. The van der Waals surface area contributed by atoms with Crippen LogP contribution in [0.5, 0.6) is 0 Å². The lowest BCUT2D eigenvalue weighted by molar-refractivity contribution is -0.115. The molecular formula is C17H15Cl2N3O2. The Labute approximate surface area is 149 Å². The van der Waals surface area contributed by atoms with Gasteiger partial charge in [-0.15, -0.1) is 0 Å². The van der Waals surface area contributed by atoms with E-state index >= 15 is 0 Å². The fraction of sp³-hybridized carbons (Fsp3) is 0.118. The minimum absolute atomic E-state index is 0.0660. The van der Waals surface area contributed by atoms with Gasteiger partial charge >= 0.3 is 0 Å². The number of rotatable bonds is 5. The molecule has 5 nitrogen and oxygen atoms in total. The van der Waals surface area contributed by atoms with E-state index in [0.717, 1.165) is 0 Å². The molecule has 0 aliphatic carbocycles. The minimum atomic E-state index is -0.434. The molecule has 0 aliphatic heterocycles. The van der Waals surface area contributed by atoms with Crippen molar-refractivity contribution in [2.24, 2.45) is 5.10 Å². The van der Waals surface area contributed by atoms with Gasteiger partial charge in [0.25, 0.3) is 5.91 Å². The van der Waals surface area contributed by atoms with E-state index in [1.807, 2.05) is 18.2 Å². The Morgan fingerprint density at radius 2 is 1.75 bits per heavy atom. The van der Waals surface area contributed by atoms with E-state index in [-0.39, 0.29) is 17.4 Å². The zero-order valence-corrected chi connectivity index (χ0v) is 14.4. The molecule has 2 N–H and O–H groups in total. The lowest BCUT2D eigenvalue weighted by Crippen LogP contribution is -2.21. The van der Waals surface area contributed by atoms with Gasteiger partial charge in [0.1, 0.15) is 0 Å². The number of amides is 2. The van der Waals surface area contributed by atoms with E-state index in [4.69, 9.17) is 23.2 Å². The summed E-state index contributed by atoms with van der Waals surface area (Å²) in [7, 11) is 0. The third-order valence-corrected chi connectivity index (χ3v) is 3.74. The summed E-state index contributed by atoms with van der Waals surface area (Å²) in [4.78, 5) is 23.9. The minimum Gasteiger partial charge on any atom is -0.326 e. The average Bonchev–Trinajstić information content (AvgIpc) is 2.56. The summed E-state index contributed by atoms with van der Waals surface area (Å²) in [5.74, 6) is -0.650. The number of nitrogens with zero attached hydrogens (tertiary/aromatic N) is 1. The van der Waals surface area contributed by atoms with Gasteiger partial charge in [0.15, 0.2) is 0 Å². The normalized spacial score (nSPS) is 11.0. The molecule has 124 valence electrons. The molecule has 2 aromatic rings. The number of hydrogen-bond acceptors (Lipinski definition) is 3. The van der Waals surface area contributed by atoms with Crippen molar-refractivity contribution >= 4 is 46.4 Å². The molecule has 2 aromatic carbocycles. The van der Waals surface area contributed by atoms with Crippen LogP contribution in [0.15, 0.2) is 53.6 Å². The number of benzene rings is 2. The van der Waals surface area contributed by atoms with E-state index in [2.05, 4.69) is 15.8 Å². The fourth-order valence-corrected chi connectivity index (χ4v) is 2.14. The Balaban J connectivity index is 1.89. The largest absolute Gasteiger partial charge is 0.326 e. The molecule has 0 atom stereocenters. The molecule has 0 saturated heterocycles. The molecule has 2 amide bonds. The molecule has 7 heteroatoms. The van der Waals surface area contributed by atoms with Crippen LogP contribution in [0.2, 0.25) is 10.0 Å². The highest BCUT2D eigenvalue weighted by Gasteiger charge is 2.08. The molecule has 0 unspecified atom stereocenters. The van der Waals surface area contributed by atoms with E-state index in [9.17, 15) is 9.59 Å². The molecule has 0 radical (unpaired) electrons. The maximum Gasteiger partial charge on any atom is 0.271 e. The van der Waals surface area contributed by atoms with E-state index in [1.165, 1.54) is 18.2 Å². The standard InChI is InChI=1S/C17H15Cl2N3O2/c1-11(9-16(23)20-13-5-3-2-4-6-13)21-22-17(24)12-7-8-14(18)15(19)10-12/h2-8,10H,9H2,1H3,(H,20,23)(H,22,24). The molecule has 2 rings (SSSR count). The lowest BCUT2D eigenvalue weighted by Gasteiger charge is -2.06. The number of hydrazone groups is 1. The maximum atomic E-state index is 12.0. The first kappa shape index (κ1) is 18.0. The number of halogens is 2. The van der Waals surface area contributed by atoms with Crippen LogP contribution in [0, 0.1) is 0 Å². The first-order chi connectivity index (χ1) is 11.5. The molecule has 24 heavy (non-hydrogen) atoms. The van der Waals surface area contributed by atoms with Crippen molar-refractivity contribution in [3.05, 3.63) is 64.1 Å². The highest BCUT2D eigenvalue weighted by Crippen LogP contribution is 2.22. The fourth-order valence-electron chi connectivity index (χ4n) is 1.85. The Morgan fingerprint density at radius 1 is 1.04 bits per heavy atom. The Morgan fingerprint density at radius 3 is 2.42 bits per heavy atom. The predicted octanol–water partition coefficient (Wildman–Crippen LogP) is 4.13. The molecule has 0 fully saturated rings. The Hall–Kier alpha value is -2.37. The maximum absolute atomic E-state index is 12.0. The molecule has 0 aliphatic rings. The zero-order valence-electron chi connectivity index (χ0n) is 12.8. The summed E-state index contributed by atoms with van der Waals surface area (Å²) in [5.41, 5.74) is 3.88. The van der Waals surface area contributed by atoms with Crippen molar-refractivity contribution in [1.82, 2.24) is 5.43 Å².